The minimum Gasteiger partial charge on any atom is -1.00 e. The van der Waals surface area contributed by atoms with Crippen molar-refractivity contribution < 1.29 is 244 Å². The van der Waals surface area contributed by atoms with Gasteiger partial charge in [0, 0.05) is 86.2 Å². The van der Waals surface area contributed by atoms with Crippen molar-refractivity contribution in [1.82, 2.24) is 15.1 Å². The van der Waals surface area contributed by atoms with Crippen LogP contribution in [0.3, 0.4) is 0 Å². The summed E-state index contributed by atoms with van der Waals surface area (Å²) in [4.78, 5) is 107. The number of amides is 3. The number of ether oxygens (including phenoxy) is 2. The number of terminal acetylenes is 6. The molecule has 0 saturated carbocycles. The van der Waals surface area contributed by atoms with E-state index in [0.29, 0.717) is 63.1 Å². The summed E-state index contributed by atoms with van der Waals surface area (Å²) in [6.07, 6.45) is 33.2. The van der Waals surface area contributed by atoms with Crippen LogP contribution in [-0.2, 0) is 93.2 Å². The third-order valence-electron chi connectivity index (χ3n) is 4.37. The van der Waals surface area contributed by atoms with Crippen LogP contribution in [0.4, 0.5) is 4.39 Å². The van der Waals surface area contributed by atoms with E-state index in [4.69, 9.17) is 119 Å². The Hall–Kier alpha value is -2.19. The first-order valence-corrected chi connectivity index (χ1v) is 29.8. The largest absolute Gasteiger partial charge is 1.00 e. The van der Waals surface area contributed by atoms with Gasteiger partial charge in [0.1, 0.15) is 31.5 Å². The van der Waals surface area contributed by atoms with E-state index in [9.17, 15) is 32.9 Å². The second-order valence-corrected chi connectivity index (χ2v) is 16.7. The van der Waals surface area contributed by atoms with Gasteiger partial charge in [0.25, 0.3) is 42.0 Å². The van der Waals surface area contributed by atoms with Gasteiger partial charge < -0.3 is 102 Å². The number of hydrogen-bond acceptors (Lipinski definition) is 29. The summed E-state index contributed by atoms with van der Waals surface area (Å²) in [6.45, 7) is 21.7. The zero-order valence-corrected chi connectivity index (χ0v) is 72.0. The number of aliphatic hydroxyl groups is 1. The van der Waals surface area contributed by atoms with E-state index in [1.165, 1.54) is 6.92 Å². The first-order valence-electron chi connectivity index (χ1n) is 24.6. The third kappa shape index (κ3) is 261. The molecule has 96 heavy (non-hydrogen) atoms. The van der Waals surface area contributed by atoms with Crippen LogP contribution in [0.15, 0.2) is 4.36 Å². The first-order chi connectivity index (χ1) is 43.1. The van der Waals surface area contributed by atoms with Gasteiger partial charge in [-0.15, -0.1) is 54.7 Å². The molecule has 0 aromatic rings. The van der Waals surface area contributed by atoms with Crippen molar-refractivity contribution in [1.29, 1.82) is 5.53 Å². The normalized spacial score (nSPS) is 8.29. The predicted molar refractivity (Wildman–Crippen MR) is 370 cm³/mol. The fourth-order valence-corrected chi connectivity index (χ4v) is 3.68. The number of aliphatic hydroxyl groups excluding tert-OH is 1. The quantitative estimate of drug-likeness (QED) is 0.00510. The number of hydroxylamine groups is 2. The Bertz CT molecular complexity index is 2010. The Kier molecular flexibility index (Phi) is 255. The number of carbonyl (C=O) groups is 10. The number of alkyl halides is 3. The molecule has 1 rings (SSSR count). The average Bonchev–Trinajstić information content (AvgIpc) is 1.74. The third-order valence-corrected chi connectivity index (χ3v) is 7.50. The molecular weight excluding hydrogens is 1550 g/mol. The van der Waals surface area contributed by atoms with E-state index in [1.807, 2.05) is 27.7 Å². The van der Waals surface area contributed by atoms with E-state index < -0.39 is 60.7 Å². The van der Waals surface area contributed by atoms with Crippen LogP contribution in [0.1, 0.15) is 97.9 Å². The van der Waals surface area contributed by atoms with Gasteiger partial charge in [-0.1, -0.05) is 96.6 Å². The number of carbonyl (C=O) groups excluding carboxylic acids is 8. The van der Waals surface area contributed by atoms with Gasteiger partial charge in [-0.3, -0.25) is 38.4 Å². The molecule has 32 nitrogen and oxygen atoms in total. The molecule has 0 spiro atoms. The number of imide groups is 1. The summed E-state index contributed by atoms with van der Waals surface area (Å²) in [5, 5.41) is 35.3. The van der Waals surface area contributed by atoms with E-state index in [0.717, 1.165) is 67.2 Å². The number of rotatable bonds is 17. The van der Waals surface area contributed by atoms with Crippen molar-refractivity contribution in [3.8, 4) is 68.1 Å². The van der Waals surface area contributed by atoms with Gasteiger partial charge in [-0.25, -0.2) is 18.4 Å². The number of carboxylic acid groups (broad SMARTS) is 2. The average molecular weight is 1650 g/mol. The predicted octanol–water partition coefficient (Wildman–Crippen LogP) is -6.81. The number of hydrogen-bond donors (Lipinski definition) is 12. The second kappa shape index (κ2) is 161. The number of nitrogens with one attached hydrogen (secondary N) is 3. The Balaban J connectivity index is -0.0000000314. The van der Waals surface area contributed by atoms with Gasteiger partial charge in [0.15, 0.2) is 0 Å². The smallest absolute Gasteiger partial charge is 1.00 e. The Morgan fingerprint density at radius 1 is 0.885 bits per heavy atom. The summed E-state index contributed by atoms with van der Waals surface area (Å²) in [6, 6.07) is -1.33. The molecule has 3 amide bonds. The summed E-state index contributed by atoms with van der Waals surface area (Å²) in [7, 11) is -1.39. The molecule has 1 unspecified atom stereocenters. The van der Waals surface area contributed by atoms with Gasteiger partial charge in [-0.2, -0.15) is 4.39 Å². The van der Waals surface area contributed by atoms with Crippen molar-refractivity contribution in [3.63, 3.8) is 0 Å². The standard InChI is InChI=1S/C6H6BrNO4.C6H10O2.C5H10N2O4P.C5H9NO.C4H8BrNO.2C3H5N.C3H4.C2H5Cl.C2H3FO.2C2H7N.2C2H4O2.C2H4O.C2H.CH4N2S2.CH2O3.CH4.2K.Na.H/c7-3-6(11)12-8-4(9)1-2-5(8)10;1-3-4-8-5-6(2)7;1-4(8)5(7-6)12(9,10-2)11-3;1-2-4-7-5-3-6;1-2-6-4(7)3-5;2*1-2-3-4;1-3-2;1-2-3;1-2(3)4;2*1-2-3;2*1-2(3)4;1-2-3;1-2;4-2-1-3-5;2-1-4-3;;;;;/h1-3H2;1,6-7H,4-5H2,2H3;6H,1-3H3;1H,3-6H2;2-3H2,1H3,(H,6,7);2*1H,3-4H2;1H,2H3;2H2,1H3;1H3;2*2-3H2,1H3;2*1H3,(H,3,4);2H,1H3;1H;2,4H,1H2;1,3H;1H4;;;;/q;;+1;;;;;;;;;;;;;-1;;;;3*+1;-1/p-1. The molecule has 1 atom stereocenters. The fraction of sp³-hybridized carbons (Fsp3) is 0.574. The number of nitrogens with zero attached hydrogens (tertiary/aromatic N) is 3. The summed E-state index contributed by atoms with van der Waals surface area (Å²) in [5.74, 6) is 8.20. The summed E-state index contributed by atoms with van der Waals surface area (Å²) in [5.41, 5.74) is 30.4. The molecule has 0 aromatic carbocycles. The molecule has 1 aliphatic heterocycles. The molecule has 1 saturated heterocycles. The number of aliphatic carboxylic acids is 2. The molecule has 42 heteroatoms. The minimum absolute atomic E-state index is 0. The van der Waals surface area contributed by atoms with Crippen molar-refractivity contribution in [2.45, 2.75) is 103 Å². The Labute approximate surface area is 710 Å². The molecular formula is C54H102Br2ClFK2N11NaO21PS2+. The molecule has 0 radical (unpaired) electrons. The number of aldehydes is 1. The maximum absolute atomic E-state index is 11.4. The number of halogens is 4. The van der Waals surface area contributed by atoms with Crippen LogP contribution in [0.2, 0.25) is 0 Å². The van der Waals surface area contributed by atoms with Crippen LogP contribution in [0, 0.1) is 80.1 Å². The maximum Gasteiger partial charge on any atom is 1.00 e. The van der Waals surface area contributed by atoms with Crippen LogP contribution in [-0.4, -0.2) is 200 Å². The SMILES string of the molecule is C.C#CC.C#CCN.C#CCN.C#CCOCC(C)O.C#CCOCCN.CC(=O)F.CC(=O)O.CC(=O)O.CC=O.CCCl.CCN.CCN.CCNC(=O)CBr.COP(=O)(OC)C(=[N+]=N)C(C)=O.O=C(CBr)ON1C(=O)CCC1=O.O=CO[O-].S=NCNS.[C-]#C.[H-].[K+].[K+].[Na+]. The fourth-order valence-electron chi connectivity index (χ4n) is 2.14. The number of Topliss-reactive ketones (excluding diaryl/α,β-unsaturated/α-hetero) is 1. The number of nitrogens with two attached hydrogens (primary N) is 5. The summed E-state index contributed by atoms with van der Waals surface area (Å²) >= 11 is 18.6. The van der Waals surface area contributed by atoms with E-state index >= 15 is 0 Å². The van der Waals surface area contributed by atoms with Gasteiger partial charge in [-0.05, 0) is 40.8 Å². The first kappa shape index (κ1) is 152. The van der Waals surface area contributed by atoms with Crippen molar-refractivity contribution >= 4 is 142 Å². The molecule has 0 bridgehead atoms. The van der Waals surface area contributed by atoms with Crippen molar-refractivity contribution in [2.24, 2.45) is 33.0 Å². The molecule has 0 aromatic heterocycles. The molecule has 546 valence electrons. The van der Waals surface area contributed by atoms with E-state index in [-0.39, 0.29) is 178 Å². The number of carboxylic acids is 2. The van der Waals surface area contributed by atoms with Crippen molar-refractivity contribution in [3.05, 3.63) is 6.42 Å². The molecule has 0 aliphatic carbocycles. The Morgan fingerprint density at radius 2 is 1.18 bits per heavy atom. The van der Waals surface area contributed by atoms with Crippen LogP contribution in [0.5, 0.6) is 0 Å². The molecule has 1 fully saturated rings. The van der Waals surface area contributed by atoms with Gasteiger partial charge in [0.2, 0.25) is 5.91 Å². The molecule has 1 aliphatic rings. The molecule has 1 heterocycles. The van der Waals surface area contributed by atoms with E-state index in [1.54, 1.807) is 13.8 Å². The second-order valence-electron chi connectivity index (χ2n) is 12.3. The van der Waals surface area contributed by atoms with Gasteiger partial charge in [0.05, 0.1) is 48.1 Å². The molecule has 16 N–H and O–H groups in total. The Morgan fingerprint density at radius 3 is 1.31 bits per heavy atom. The van der Waals surface area contributed by atoms with Crippen LogP contribution >= 0.6 is 63.9 Å². The topological polar surface area (TPSA) is 535 Å². The monoisotopic (exact) mass is 1650 g/mol. The zero-order valence-electron chi connectivity index (χ0n) is 58.2. The van der Waals surface area contributed by atoms with Crippen LogP contribution < -0.4 is 176 Å². The van der Waals surface area contributed by atoms with Crippen LogP contribution in [0.25, 0.3) is 0 Å². The number of ketones is 1. The van der Waals surface area contributed by atoms with Gasteiger partial charge >= 0.3 is 151 Å². The van der Waals surface area contributed by atoms with E-state index in [2.05, 4.69) is 150 Å². The maximum atomic E-state index is 11.4. The zero-order chi connectivity index (χ0) is 77.2. The van der Waals surface area contributed by atoms with Crippen molar-refractivity contribution in [2.75, 3.05) is 103 Å². The summed E-state index contributed by atoms with van der Waals surface area (Å²) < 4.78 is 45.9. The minimum atomic E-state index is -3.63. The number of thiol groups is 1.